The first-order valence-electron chi connectivity index (χ1n) is 7.94. The van der Waals surface area contributed by atoms with E-state index in [4.69, 9.17) is 23.2 Å². The molecule has 0 saturated heterocycles. The number of thiazole rings is 1. The van der Waals surface area contributed by atoms with Gasteiger partial charge in [0.2, 0.25) is 4.96 Å². The lowest BCUT2D eigenvalue weighted by molar-refractivity contribution is 0.859. The van der Waals surface area contributed by atoms with E-state index in [1.165, 1.54) is 0 Å². The SMILES string of the molecule is O=c1c(Cc2ccc(Cl)cc2)nnc2s/c(=C\c3ccc(Cl)cc3)c(=O)n12. The molecule has 4 aromatic rings. The average Bonchev–Trinajstić information content (AvgIpc) is 2.97. The van der Waals surface area contributed by atoms with Gasteiger partial charge in [-0.2, -0.15) is 0 Å². The number of aromatic nitrogens is 3. The molecule has 0 atom stereocenters. The van der Waals surface area contributed by atoms with Crippen LogP contribution in [0.5, 0.6) is 0 Å². The second-order valence-electron chi connectivity index (χ2n) is 5.84. The van der Waals surface area contributed by atoms with E-state index < -0.39 is 11.1 Å². The minimum atomic E-state index is -0.452. The first kappa shape index (κ1) is 17.9. The third-order valence-electron chi connectivity index (χ3n) is 3.97. The lowest BCUT2D eigenvalue weighted by Crippen LogP contribution is -2.33. The Bertz CT molecular complexity index is 1300. The monoisotopic (exact) mass is 415 g/mol. The van der Waals surface area contributed by atoms with E-state index in [9.17, 15) is 9.59 Å². The van der Waals surface area contributed by atoms with Crippen LogP contribution in [0.3, 0.4) is 0 Å². The average molecular weight is 416 g/mol. The molecule has 0 fully saturated rings. The van der Waals surface area contributed by atoms with E-state index in [0.29, 0.717) is 14.6 Å². The number of hydrogen-bond donors (Lipinski definition) is 0. The van der Waals surface area contributed by atoms with Crippen molar-refractivity contribution in [3.05, 3.63) is 101 Å². The van der Waals surface area contributed by atoms with Gasteiger partial charge in [-0.1, -0.05) is 58.8 Å². The van der Waals surface area contributed by atoms with Crippen molar-refractivity contribution in [2.45, 2.75) is 6.42 Å². The molecule has 2 aromatic carbocycles. The highest BCUT2D eigenvalue weighted by Gasteiger charge is 2.13. The Morgan fingerprint density at radius 1 is 0.889 bits per heavy atom. The molecule has 2 heterocycles. The molecule has 27 heavy (non-hydrogen) atoms. The molecular formula is C19H11Cl2N3O2S. The van der Waals surface area contributed by atoms with Crippen molar-refractivity contribution >= 4 is 45.6 Å². The summed E-state index contributed by atoms with van der Waals surface area (Å²) >= 11 is 12.9. The number of halogens is 2. The third kappa shape index (κ3) is 3.64. The molecule has 0 aliphatic carbocycles. The molecule has 0 saturated carbocycles. The summed E-state index contributed by atoms with van der Waals surface area (Å²) in [6, 6.07) is 14.2. The summed E-state index contributed by atoms with van der Waals surface area (Å²) in [5.74, 6) is 0. The van der Waals surface area contributed by atoms with Gasteiger partial charge in [0.25, 0.3) is 11.1 Å². The lowest BCUT2D eigenvalue weighted by Gasteiger charge is -2.00. The maximum absolute atomic E-state index is 12.7. The Hall–Kier alpha value is -2.54. The van der Waals surface area contributed by atoms with Crippen molar-refractivity contribution in [2.75, 3.05) is 0 Å². The van der Waals surface area contributed by atoms with Gasteiger partial charge in [-0.05, 0) is 41.5 Å². The second kappa shape index (κ2) is 7.23. The van der Waals surface area contributed by atoms with Gasteiger partial charge < -0.3 is 0 Å². The van der Waals surface area contributed by atoms with Gasteiger partial charge in [0, 0.05) is 16.5 Å². The molecule has 5 nitrogen and oxygen atoms in total. The van der Waals surface area contributed by atoms with E-state index in [1.54, 1.807) is 42.5 Å². The van der Waals surface area contributed by atoms with E-state index in [1.807, 2.05) is 12.1 Å². The largest absolute Gasteiger partial charge is 0.283 e. The van der Waals surface area contributed by atoms with Crippen molar-refractivity contribution in [3.8, 4) is 0 Å². The van der Waals surface area contributed by atoms with Crippen LogP contribution in [0.4, 0.5) is 0 Å². The Morgan fingerprint density at radius 2 is 1.52 bits per heavy atom. The number of benzene rings is 2. The summed E-state index contributed by atoms with van der Waals surface area (Å²) in [4.78, 5) is 25.7. The molecule has 0 unspecified atom stereocenters. The highest BCUT2D eigenvalue weighted by Crippen LogP contribution is 2.12. The molecule has 0 radical (unpaired) electrons. The van der Waals surface area contributed by atoms with Gasteiger partial charge in [0.15, 0.2) is 0 Å². The van der Waals surface area contributed by atoms with Crippen LogP contribution < -0.4 is 15.7 Å². The maximum atomic E-state index is 12.7. The first-order valence-corrected chi connectivity index (χ1v) is 9.51. The zero-order chi connectivity index (χ0) is 19.0. The van der Waals surface area contributed by atoms with Gasteiger partial charge in [-0.15, -0.1) is 10.2 Å². The summed E-state index contributed by atoms with van der Waals surface area (Å²) in [5, 5.41) is 9.30. The Balaban J connectivity index is 1.80. The smallest absolute Gasteiger partial charge is 0.267 e. The quantitative estimate of drug-likeness (QED) is 0.515. The summed E-state index contributed by atoms with van der Waals surface area (Å²) in [5.41, 5.74) is 1.03. The van der Waals surface area contributed by atoms with E-state index in [2.05, 4.69) is 10.2 Å². The third-order valence-corrected chi connectivity index (χ3v) is 5.43. The molecule has 0 spiro atoms. The van der Waals surface area contributed by atoms with Crippen LogP contribution >= 0.6 is 34.5 Å². The first-order chi connectivity index (χ1) is 13.0. The van der Waals surface area contributed by atoms with Crippen molar-refractivity contribution in [3.63, 3.8) is 0 Å². The molecule has 2 aromatic heterocycles. The Morgan fingerprint density at radius 3 is 2.19 bits per heavy atom. The van der Waals surface area contributed by atoms with Crippen LogP contribution in [-0.2, 0) is 6.42 Å². The van der Waals surface area contributed by atoms with Crippen LogP contribution in [0.1, 0.15) is 16.8 Å². The molecule has 0 bridgehead atoms. The minimum Gasteiger partial charge on any atom is -0.267 e. The summed E-state index contributed by atoms with van der Waals surface area (Å²) < 4.78 is 1.48. The zero-order valence-electron chi connectivity index (χ0n) is 13.7. The summed E-state index contributed by atoms with van der Waals surface area (Å²) in [7, 11) is 0. The van der Waals surface area contributed by atoms with Gasteiger partial charge >= 0.3 is 0 Å². The molecule has 0 aliphatic heterocycles. The fourth-order valence-corrected chi connectivity index (χ4v) is 3.77. The fourth-order valence-electron chi connectivity index (χ4n) is 2.61. The molecule has 8 heteroatoms. The standard InChI is InChI=1S/C19H11Cl2N3O2S/c20-13-5-1-11(2-6-13)9-15-17(25)24-18(26)16(27-19(24)23-22-15)10-12-3-7-14(21)8-4-12/h1-8,10H,9H2/b16-10-. The van der Waals surface area contributed by atoms with Crippen LogP contribution in [0.25, 0.3) is 11.0 Å². The fraction of sp³-hybridized carbons (Fsp3) is 0.0526. The normalized spacial score (nSPS) is 12.0. The number of nitrogens with zero attached hydrogens (tertiary/aromatic N) is 3. The lowest BCUT2D eigenvalue weighted by atomic mass is 10.1. The van der Waals surface area contributed by atoms with Crippen LogP contribution in [0.2, 0.25) is 10.0 Å². The van der Waals surface area contributed by atoms with E-state index >= 15 is 0 Å². The van der Waals surface area contributed by atoms with E-state index in [-0.39, 0.29) is 17.1 Å². The number of rotatable bonds is 3. The molecular weight excluding hydrogens is 405 g/mol. The predicted octanol–water partition coefficient (Wildman–Crippen LogP) is 2.96. The van der Waals surface area contributed by atoms with E-state index in [0.717, 1.165) is 26.9 Å². The number of fused-ring (bicyclic) bond motifs is 1. The Kier molecular flexibility index (Phi) is 4.78. The Labute approximate surface area is 167 Å². The molecule has 0 amide bonds. The second-order valence-corrected chi connectivity index (χ2v) is 7.72. The molecule has 0 N–H and O–H groups in total. The summed E-state index contributed by atoms with van der Waals surface area (Å²) in [6.07, 6.45) is 1.98. The minimum absolute atomic E-state index is 0.211. The molecule has 0 aliphatic rings. The van der Waals surface area contributed by atoms with Crippen LogP contribution in [-0.4, -0.2) is 14.6 Å². The van der Waals surface area contributed by atoms with Crippen LogP contribution in [0.15, 0.2) is 58.1 Å². The predicted molar refractivity (Wildman–Crippen MR) is 108 cm³/mol. The van der Waals surface area contributed by atoms with Crippen molar-refractivity contribution in [1.82, 2.24) is 14.6 Å². The van der Waals surface area contributed by atoms with Gasteiger partial charge in [-0.25, -0.2) is 4.40 Å². The van der Waals surface area contributed by atoms with Gasteiger partial charge in [0.05, 0.1) is 4.53 Å². The summed E-state index contributed by atoms with van der Waals surface area (Å²) in [6.45, 7) is 0. The molecule has 134 valence electrons. The van der Waals surface area contributed by atoms with Crippen molar-refractivity contribution in [1.29, 1.82) is 0 Å². The number of hydrogen-bond acceptors (Lipinski definition) is 5. The topological polar surface area (TPSA) is 64.3 Å². The maximum Gasteiger partial charge on any atom is 0.283 e. The highest BCUT2D eigenvalue weighted by atomic mass is 35.5. The highest BCUT2D eigenvalue weighted by molar-refractivity contribution is 7.15. The van der Waals surface area contributed by atoms with Gasteiger partial charge in [-0.3, -0.25) is 9.59 Å². The van der Waals surface area contributed by atoms with Crippen LogP contribution in [0, 0.1) is 0 Å². The zero-order valence-corrected chi connectivity index (χ0v) is 16.1. The molecule has 4 rings (SSSR count). The van der Waals surface area contributed by atoms with Gasteiger partial charge in [0.1, 0.15) is 5.69 Å². The van der Waals surface area contributed by atoms with Crippen molar-refractivity contribution in [2.24, 2.45) is 0 Å². The van der Waals surface area contributed by atoms with Crippen molar-refractivity contribution < 1.29 is 0 Å².